The second-order valence-corrected chi connectivity index (χ2v) is 3.99. The molecule has 0 saturated carbocycles. The summed E-state index contributed by atoms with van der Waals surface area (Å²) in [5.41, 5.74) is 1.72. The van der Waals surface area contributed by atoms with E-state index in [-0.39, 0.29) is 0 Å². The van der Waals surface area contributed by atoms with Crippen LogP contribution in [0.3, 0.4) is 0 Å². The average molecular weight is 166 g/mol. The van der Waals surface area contributed by atoms with Crippen LogP contribution in [0.2, 0.25) is 0 Å². The fraction of sp³-hybridized carbons (Fsp3) is 0.375. The molecule has 1 atom stereocenters. The van der Waals surface area contributed by atoms with E-state index in [1.54, 1.807) is 0 Å². The van der Waals surface area contributed by atoms with Crippen molar-refractivity contribution >= 4 is 10.2 Å². The molecule has 2 nitrogen and oxygen atoms in total. The summed E-state index contributed by atoms with van der Waals surface area (Å²) in [4.78, 5) is 6.50. The zero-order valence-electron chi connectivity index (χ0n) is 7.28. The Morgan fingerprint density at radius 3 is 2.64 bits per heavy atom. The van der Waals surface area contributed by atoms with Crippen LogP contribution in [0.25, 0.3) is 0 Å². The van der Waals surface area contributed by atoms with Crippen LogP contribution in [-0.4, -0.2) is 34.2 Å². The van der Waals surface area contributed by atoms with E-state index < -0.39 is 0 Å². The largest absolute Gasteiger partial charge is 0.304 e. The number of rotatable bonds is 2. The van der Waals surface area contributed by atoms with Crippen molar-refractivity contribution in [3.8, 4) is 0 Å². The molecular formula is C8H14N2Si. The molecule has 0 aliphatic heterocycles. The summed E-state index contributed by atoms with van der Waals surface area (Å²) in [7, 11) is 5.30. The molecule has 11 heavy (non-hydrogen) atoms. The van der Waals surface area contributed by atoms with Crippen molar-refractivity contribution in [2.75, 3.05) is 14.1 Å². The molecule has 1 heterocycles. The summed E-state index contributed by atoms with van der Waals surface area (Å²) in [6.45, 7) is 0. The Kier molecular flexibility index (Phi) is 2.79. The monoisotopic (exact) mass is 166 g/mol. The van der Waals surface area contributed by atoms with Gasteiger partial charge in [-0.25, -0.2) is 0 Å². The second-order valence-electron chi connectivity index (χ2n) is 2.89. The van der Waals surface area contributed by atoms with Gasteiger partial charge in [0.1, 0.15) is 0 Å². The number of nitrogens with zero attached hydrogens (tertiary/aromatic N) is 2. The van der Waals surface area contributed by atoms with Crippen LogP contribution < -0.4 is 0 Å². The molecule has 0 N–H and O–H groups in total. The summed E-state index contributed by atoms with van der Waals surface area (Å²) in [5.74, 6) is 0. The van der Waals surface area contributed by atoms with Crippen molar-refractivity contribution in [1.29, 1.82) is 0 Å². The Labute approximate surface area is 70.7 Å². The van der Waals surface area contributed by atoms with Gasteiger partial charge < -0.3 is 4.90 Å². The van der Waals surface area contributed by atoms with E-state index in [1.165, 1.54) is 5.69 Å². The van der Waals surface area contributed by atoms with E-state index in [4.69, 9.17) is 0 Å². The first-order valence-corrected chi connectivity index (χ1v) is 4.94. The third-order valence-corrected chi connectivity index (χ3v) is 3.51. The minimum absolute atomic E-state index is 0.538. The van der Waals surface area contributed by atoms with Crippen molar-refractivity contribution in [2.45, 2.75) is 5.67 Å². The third kappa shape index (κ3) is 2.13. The first-order valence-electron chi connectivity index (χ1n) is 3.79. The van der Waals surface area contributed by atoms with Gasteiger partial charge >= 0.3 is 0 Å². The maximum Gasteiger partial charge on any atom is 0.0533 e. The number of hydrogen-bond donors (Lipinski definition) is 0. The summed E-state index contributed by atoms with van der Waals surface area (Å²) in [6, 6.07) is 6.07. The summed E-state index contributed by atoms with van der Waals surface area (Å²) >= 11 is 0. The highest BCUT2D eigenvalue weighted by atomic mass is 28.1. The van der Waals surface area contributed by atoms with Crippen molar-refractivity contribution < 1.29 is 0 Å². The van der Waals surface area contributed by atoms with Gasteiger partial charge in [-0.3, -0.25) is 4.98 Å². The smallest absolute Gasteiger partial charge is 0.0533 e. The maximum atomic E-state index is 4.29. The SMILES string of the molecule is CN(C)C([SiH3])c1ccccn1. The molecule has 0 spiro atoms. The molecule has 0 radical (unpaired) electrons. The summed E-state index contributed by atoms with van der Waals surface area (Å²) < 4.78 is 0. The molecule has 60 valence electrons. The lowest BCUT2D eigenvalue weighted by molar-refractivity contribution is 0.378. The first-order chi connectivity index (χ1) is 5.22. The molecule has 0 aliphatic rings. The van der Waals surface area contributed by atoms with E-state index >= 15 is 0 Å². The Bertz CT molecular complexity index is 211. The van der Waals surface area contributed by atoms with E-state index in [9.17, 15) is 0 Å². The summed E-state index contributed by atoms with van der Waals surface area (Å²) in [5, 5.41) is 0. The molecule has 0 bridgehead atoms. The highest BCUT2D eigenvalue weighted by Gasteiger charge is 2.06. The molecule has 1 aromatic heterocycles. The predicted molar refractivity (Wildman–Crippen MR) is 50.6 cm³/mol. The van der Waals surface area contributed by atoms with Gasteiger partial charge in [0.2, 0.25) is 0 Å². The van der Waals surface area contributed by atoms with Gasteiger partial charge in [-0.2, -0.15) is 0 Å². The molecule has 0 aromatic carbocycles. The highest BCUT2D eigenvalue weighted by Crippen LogP contribution is 2.09. The average Bonchev–Trinajstić information content (AvgIpc) is 2.05. The fourth-order valence-corrected chi connectivity index (χ4v) is 1.23. The summed E-state index contributed by atoms with van der Waals surface area (Å²) in [6.07, 6.45) is 1.85. The standard InChI is InChI=1S/C8H14N2Si/c1-10(2)8(11)7-5-3-4-6-9-7/h3-6,8H,1-2,11H3. The van der Waals surface area contributed by atoms with Gasteiger partial charge in [-0.15, -0.1) is 0 Å². The van der Waals surface area contributed by atoms with Crippen molar-refractivity contribution in [2.24, 2.45) is 0 Å². The molecule has 1 aromatic rings. The van der Waals surface area contributed by atoms with E-state index in [0.29, 0.717) is 5.67 Å². The number of aromatic nitrogens is 1. The van der Waals surface area contributed by atoms with Crippen LogP contribution in [0.4, 0.5) is 0 Å². The minimum atomic E-state index is 0.538. The van der Waals surface area contributed by atoms with E-state index in [2.05, 4.69) is 30.0 Å². The third-order valence-electron chi connectivity index (χ3n) is 1.89. The first kappa shape index (κ1) is 8.42. The molecule has 1 unspecified atom stereocenters. The van der Waals surface area contributed by atoms with Crippen LogP contribution in [-0.2, 0) is 0 Å². The van der Waals surface area contributed by atoms with Gasteiger partial charge in [0.05, 0.1) is 5.69 Å². The topological polar surface area (TPSA) is 16.1 Å². The fourth-order valence-electron chi connectivity index (χ4n) is 0.888. The van der Waals surface area contributed by atoms with Crippen molar-refractivity contribution in [3.63, 3.8) is 0 Å². The zero-order valence-corrected chi connectivity index (χ0v) is 9.28. The van der Waals surface area contributed by atoms with Crippen LogP contribution in [0.15, 0.2) is 24.4 Å². The van der Waals surface area contributed by atoms with Gasteiger partial charge in [0.15, 0.2) is 0 Å². The zero-order chi connectivity index (χ0) is 8.27. The van der Waals surface area contributed by atoms with Gasteiger partial charge in [-0.1, -0.05) is 6.07 Å². The van der Waals surface area contributed by atoms with Crippen LogP contribution >= 0.6 is 0 Å². The number of hydrogen-bond acceptors (Lipinski definition) is 2. The minimum Gasteiger partial charge on any atom is -0.304 e. The molecule has 0 saturated heterocycles. The molecule has 0 amide bonds. The lowest BCUT2D eigenvalue weighted by Gasteiger charge is -2.18. The molecule has 3 heteroatoms. The quantitative estimate of drug-likeness (QED) is 0.575. The van der Waals surface area contributed by atoms with E-state index in [0.717, 1.165) is 10.2 Å². The van der Waals surface area contributed by atoms with Crippen LogP contribution in [0.5, 0.6) is 0 Å². The van der Waals surface area contributed by atoms with Crippen LogP contribution in [0.1, 0.15) is 11.4 Å². The lowest BCUT2D eigenvalue weighted by Crippen LogP contribution is -2.20. The van der Waals surface area contributed by atoms with Gasteiger partial charge in [0.25, 0.3) is 0 Å². The van der Waals surface area contributed by atoms with Crippen LogP contribution in [0, 0.1) is 0 Å². The molecule has 0 aliphatic carbocycles. The predicted octanol–water partition coefficient (Wildman–Crippen LogP) is 0.00720. The van der Waals surface area contributed by atoms with Crippen molar-refractivity contribution in [1.82, 2.24) is 9.88 Å². The number of pyridine rings is 1. The highest BCUT2D eigenvalue weighted by molar-refractivity contribution is 6.11. The maximum absolute atomic E-state index is 4.29. The Balaban J connectivity index is 2.77. The van der Waals surface area contributed by atoms with Gasteiger partial charge in [0, 0.05) is 22.1 Å². The van der Waals surface area contributed by atoms with E-state index in [1.807, 2.05) is 18.3 Å². The molecule has 0 fully saturated rings. The molecular weight excluding hydrogens is 152 g/mol. The Morgan fingerprint density at radius 1 is 1.45 bits per heavy atom. The van der Waals surface area contributed by atoms with Gasteiger partial charge in [-0.05, 0) is 26.2 Å². The Hall–Kier alpha value is -0.673. The Morgan fingerprint density at radius 2 is 2.18 bits per heavy atom. The normalized spacial score (nSPS) is 13.7. The second kappa shape index (κ2) is 3.64. The lowest BCUT2D eigenvalue weighted by atomic mass is 10.3. The van der Waals surface area contributed by atoms with Crippen molar-refractivity contribution in [3.05, 3.63) is 30.1 Å². The molecule has 1 rings (SSSR count).